The molecule has 1 rings (SSSR count). The van der Waals surface area contributed by atoms with Gasteiger partial charge in [-0.15, -0.1) is 0 Å². The Hall–Kier alpha value is -1.23. The zero-order valence-corrected chi connectivity index (χ0v) is 8.41. The van der Waals surface area contributed by atoms with Crippen LogP contribution in [0.4, 0.5) is 0 Å². The lowest BCUT2D eigenvalue weighted by Gasteiger charge is -2.21. The van der Waals surface area contributed by atoms with E-state index in [1.54, 1.807) is 6.92 Å². The summed E-state index contributed by atoms with van der Waals surface area (Å²) in [6, 6.07) is -0.360. The number of nitrogens with zero attached hydrogens (tertiary/aromatic N) is 1. The van der Waals surface area contributed by atoms with E-state index in [2.05, 4.69) is 10.3 Å². The third-order valence-corrected chi connectivity index (χ3v) is 2.30. The van der Waals surface area contributed by atoms with Crippen LogP contribution in [0.5, 0.6) is 0 Å². The molecule has 2 amide bonds. The number of rotatable bonds is 3. The van der Waals surface area contributed by atoms with Crippen LogP contribution >= 0.6 is 0 Å². The van der Waals surface area contributed by atoms with Crippen molar-refractivity contribution in [1.82, 2.24) is 5.32 Å². The predicted octanol–water partition coefficient (Wildman–Crippen LogP) is -0.195. The van der Waals surface area contributed by atoms with Gasteiger partial charge in [0.25, 0.3) is 5.91 Å². The number of amidine groups is 1. The Morgan fingerprint density at radius 2 is 2.14 bits per heavy atom. The molecule has 2 unspecified atom stereocenters. The molecule has 0 fully saturated rings. The molecule has 1 aliphatic heterocycles. The molecule has 0 aromatic carbocycles. The smallest absolute Gasteiger partial charge is 0.259 e. The van der Waals surface area contributed by atoms with E-state index in [4.69, 9.17) is 5.73 Å². The summed E-state index contributed by atoms with van der Waals surface area (Å²) in [7, 11) is 0. The van der Waals surface area contributed by atoms with Crippen molar-refractivity contribution in [1.29, 1.82) is 0 Å². The van der Waals surface area contributed by atoms with Crippen molar-refractivity contribution in [3.8, 4) is 0 Å². The van der Waals surface area contributed by atoms with Crippen LogP contribution in [-0.2, 0) is 9.59 Å². The third-order valence-electron chi connectivity index (χ3n) is 2.30. The Morgan fingerprint density at radius 3 is 2.57 bits per heavy atom. The van der Waals surface area contributed by atoms with Gasteiger partial charge in [0, 0.05) is 0 Å². The molecule has 5 heteroatoms. The summed E-state index contributed by atoms with van der Waals surface area (Å²) in [6.45, 7) is 3.65. The van der Waals surface area contributed by atoms with E-state index in [-0.39, 0.29) is 17.9 Å². The van der Waals surface area contributed by atoms with Crippen molar-refractivity contribution in [2.75, 3.05) is 0 Å². The van der Waals surface area contributed by atoms with E-state index < -0.39 is 5.92 Å². The van der Waals surface area contributed by atoms with Crippen molar-refractivity contribution in [2.45, 2.75) is 32.7 Å². The van der Waals surface area contributed by atoms with Crippen LogP contribution in [0.3, 0.4) is 0 Å². The molecule has 0 saturated carbocycles. The van der Waals surface area contributed by atoms with Gasteiger partial charge in [0.15, 0.2) is 0 Å². The zero-order valence-electron chi connectivity index (χ0n) is 8.41. The van der Waals surface area contributed by atoms with Gasteiger partial charge in [-0.1, -0.05) is 13.8 Å². The summed E-state index contributed by atoms with van der Waals surface area (Å²) in [5.41, 5.74) is 5.66. The number of aliphatic imine (C=N–C) groups is 1. The number of amides is 2. The van der Waals surface area contributed by atoms with Crippen molar-refractivity contribution in [3.63, 3.8) is 0 Å². The molecule has 0 aromatic heterocycles. The monoisotopic (exact) mass is 197 g/mol. The van der Waals surface area contributed by atoms with Crippen LogP contribution in [-0.4, -0.2) is 23.7 Å². The zero-order chi connectivity index (χ0) is 10.7. The van der Waals surface area contributed by atoms with Crippen LogP contribution < -0.4 is 11.1 Å². The molecule has 78 valence electrons. The van der Waals surface area contributed by atoms with Crippen molar-refractivity contribution >= 4 is 17.6 Å². The second-order valence-corrected chi connectivity index (χ2v) is 3.30. The van der Waals surface area contributed by atoms with Crippen molar-refractivity contribution < 1.29 is 9.59 Å². The average molecular weight is 197 g/mol. The van der Waals surface area contributed by atoms with Gasteiger partial charge in [0.05, 0.1) is 6.04 Å². The first-order chi connectivity index (χ1) is 6.60. The van der Waals surface area contributed by atoms with Gasteiger partial charge >= 0.3 is 0 Å². The number of carbonyl (C=O) groups is 2. The number of nitrogens with one attached hydrogen (secondary N) is 1. The standard InChI is InChI=1S/C9H15N3O2/c1-3-5-8(13)11-7(6(10)4-2)12-9(5)14/h5-6H,3-4,10H2,1-2H3,(H,11,12,13,14). The molecular formula is C9H15N3O2. The molecule has 2 atom stereocenters. The minimum atomic E-state index is -0.636. The Balaban J connectivity index is 2.85. The van der Waals surface area contributed by atoms with E-state index >= 15 is 0 Å². The molecule has 0 aliphatic carbocycles. The molecule has 0 spiro atoms. The summed E-state index contributed by atoms with van der Waals surface area (Å²) in [4.78, 5) is 26.5. The van der Waals surface area contributed by atoms with Gasteiger partial charge in [-0.25, -0.2) is 0 Å². The quantitative estimate of drug-likeness (QED) is 0.615. The van der Waals surface area contributed by atoms with Gasteiger partial charge in [-0.3, -0.25) is 9.59 Å². The normalized spacial score (nSPS) is 24.2. The fourth-order valence-electron chi connectivity index (χ4n) is 1.28. The van der Waals surface area contributed by atoms with Crippen LogP contribution in [0.1, 0.15) is 26.7 Å². The van der Waals surface area contributed by atoms with Gasteiger partial charge in [0.2, 0.25) is 5.91 Å². The molecule has 0 aromatic rings. The van der Waals surface area contributed by atoms with E-state index in [1.165, 1.54) is 0 Å². The largest absolute Gasteiger partial charge is 0.321 e. The Kier molecular flexibility index (Phi) is 3.35. The fourth-order valence-corrected chi connectivity index (χ4v) is 1.28. The highest BCUT2D eigenvalue weighted by atomic mass is 16.2. The molecule has 5 nitrogen and oxygen atoms in total. The minimum Gasteiger partial charge on any atom is -0.321 e. The van der Waals surface area contributed by atoms with Crippen LogP contribution in [0.2, 0.25) is 0 Å². The Bertz CT molecular complexity index is 286. The fraction of sp³-hybridized carbons (Fsp3) is 0.667. The summed E-state index contributed by atoms with van der Waals surface area (Å²) in [6.07, 6.45) is 1.12. The molecule has 0 bridgehead atoms. The lowest BCUT2D eigenvalue weighted by atomic mass is 10.0. The maximum absolute atomic E-state index is 11.4. The first-order valence-electron chi connectivity index (χ1n) is 4.79. The molecule has 1 aliphatic rings. The summed E-state index contributed by atoms with van der Waals surface area (Å²) >= 11 is 0. The minimum absolute atomic E-state index is 0.286. The number of carbonyl (C=O) groups excluding carboxylic acids is 2. The molecule has 1 heterocycles. The lowest BCUT2D eigenvalue weighted by Crippen LogP contribution is -2.50. The average Bonchev–Trinajstić information content (AvgIpc) is 2.16. The van der Waals surface area contributed by atoms with Crippen LogP contribution in [0.15, 0.2) is 4.99 Å². The van der Waals surface area contributed by atoms with E-state index in [0.29, 0.717) is 18.7 Å². The second kappa shape index (κ2) is 4.32. The van der Waals surface area contributed by atoms with Crippen molar-refractivity contribution in [2.24, 2.45) is 16.6 Å². The number of hydrogen-bond donors (Lipinski definition) is 2. The van der Waals surface area contributed by atoms with Gasteiger partial charge < -0.3 is 11.1 Å². The predicted molar refractivity (Wildman–Crippen MR) is 52.6 cm³/mol. The molecule has 0 saturated heterocycles. The van der Waals surface area contributed by atoms with E-state index in [0.717, 1.165) is 0 Å². The Labute approximate surface area is 82.8 Å². The van der Waals surface area contributed by atoms with Crippen LogP contribution in [0, 0.1) is 5.92 Å². The van der Waals surface area contributed by atoms with Gasteiger partial charge in [-0.05, 0) is 12.8 Å². The van der Waals surface area contributed by atoms with Crippen molar-refractivity contribution in [3.05, 3.63) is 0 Å². The molecule has 0 radical (unpaired) electrons. The molecular weight excluding hydrogens is 182 g/mol. The van der Waals surface area contributed by atoms with E-state index in [1.807, 2.05) is 6.92 Å². The topological polar surface area (TPSA) is 84.5 Å². The first-order valence-corrected chi connectivity index (χ1v) is 4.79. The summed E-state index contributed by atoms with van der Waals surface area (Å²) in [5, 5.41) is 2.56. The highest BCUT2D eigenvalue weighted by molar-refractivity contribution is 6.17. The maximum atomic E-state index is 11.4. The maximum Gasteiger partial charge on any atom is 0.259 e. The van der Waals surface area contributed by atoms with E-state index in [9.17, 15) is 9.59 Å². The summed E-state index contributed by atoms with van der Waals surface area (Å²) in [5.74, 6) is -1.00. The SMILES string of the molecule is CCC(N)C1=NC(=O)C(CC)C(=O)N1. The Morgan fingerprint density at radius 1 is 1.50 bits per heavy atom. The number of hydrogen-bond acceptors (Lipinski definition) is 3. The second-order valence-electron chi connectivity index (χ2n) is 3.30. The highest BCUT2D eigenvalue weighted by Gasteiger charge is 2.31. The van der Waals surface area contributed by atoms with Crippen LogP contribution in [0.25, 0.3) is 0 Å². The highest BCUT2D eigenvalue weighted by Crippen LogP contribution is 2.10. The molecule has 14 heavy (non-hydrogen) atoms. The number of nitrogens with two attached hydrogens (primary N) is 1. The first kappa shape index (κ1) is 10.8. The third kappa shape index (κ3) is 1.98. The molecule has 3 N–H and O–H groups in total. The summed E-state index contributed by atoms with van der Waals surface area (Å²) < 4.78 is 0. The van der Waals surface area contributed by atoms with Gasteiger partial charge in [-0.2, -0.15) is 4.99 Å². The lowest BCUT2D eigenvalue weighted by molar-refractivity contribution is -0.133. The van der Waals surface area contributed by atoms with Gasteiger partial charge in [0.1, 0.15) is 11.8 Å².